The third kappa shape index (κ3) is 3.88. The predicted molar refractivity (Wildman–Crippen MR) is 113 cm³/mol. The number of amides is 1. The number of ether oxygens (including phenoxy) is 1. The predicted octanol–water partition coefficient (Wildman–Crippen LogP) is 6.17. The number of carbonyl (C=O) groups excluding carboxylic acids is 1. The first-order chi connectivity index (χ1) is 11.9. The zero-order chi connectivity index (χ0) is 18.1. The van der Waals surface area contributed by atoms with Gasteiger partial charge >= 0.3 is 0 Å². The molecule has 0 spiro atoms. The number of halogens is 3. The number of thiocarbonyl (C=S) groups is 1. The Bertz CT molecular complexity index is 918. The fourth-order valence-electron chi connectivity index (χ4n) is 2.26. The first-order valence-corrected chi connectivity index (χ1v) is 9.74. The zero-order valence-corrected chi connectivity index (χ0v) is 17.5. The first-order valence-electron chi connectivity index (χ1n) is 6.97. The van der Waals surface area contributed by atoms with Crippen LogP contribution in [0.4, 0.5) is 5.69 Å². The van der Waals surface area contributed by atoms with E-state index in [0.29, 0.717) is 25.0 Å². The Morgan fingerprint density at radius 3 is 2.64 bits per heavy atom. The first kappa shape index (κ1) is 18.7. The zero-order valence-electron chi connectivity index (χ0n) is 12.8. The van der Waals surface area contributed by atoms with E-state index in [1.165, 1.54) is 16.7 Å². The summed E-state index contributed by atoms with van der Waals surface area (Å²) in [6.45, 7) is 0. The molecule has 1 saturated heterocycles. The minimum atomic E-state index is -0.217. The molecule has 0 aliphatic carbocycles. The van der Waals surface area contributed by atoms with Gasteiger partial charge in [-0.3, -0.25) is 9.69 Å². The van der Waals surface area contributed by atoms with Gasteiger partial charge in [0, 0.05) is 5.02 Å². The highest BCUT2D eigenvalue weighted by atomic mass is 79.9. The van der Waals surface area contributed by atoms with Crippen LogP contribution in [0, 0.1) is 0 Å². The van der Waals surface area contributed by atoms with Crippen LogP contribution in [0.1, 0.15) is 5.56 Å². The van der Waals surface area contributed by atoms with Gasteiger partial charge in [0.1, 0.15) is 5.75 Å². The maximum atomic E-state index is 12.8. The minimum absolute atomic E-state index is 0.217. The van der Waals surface area contributed by atoms with Gasteiger partial charge < -0.3 is 4.74 Å². The highest BCUT2D eigenvalue weighted by Crippen LogP contribution is 2.40. The summed E-state index contributed by atoms with van der Waals surface area (Å²) >= 11 is 22.2. The molecule has 3 nitrogen and oxygen atoms in total. The molecule has 1 aliphatic rings. The molecule has 2 aromatic carbocycles. The number of benzene rings is 2. The summed E-state index contributed by atoms with van der Waals surface area (Å²) < 4.78 is 6.44. The van der Waals surface area contributed by atoms with Crippen molar-refractivity contribution in [3.8, 4) is 5.75 Å². The highest BCUT2D eigenvalue weighted by molar-refractivity contribution is 9.10. The number of nitrogens with zero attached hydrogens (tertiary/aromatic N) is 1. The minimum Gasteiger partial charge on any atom is -0.496 e. The molecule has 25 heavy (non-hydrogen) atoms. The third-order valence-corrected chi connectivity index (χ3v) is 5.88. The van der Waals surface area contributed by atoms with Gasteiger partial charge in [-0.05, 0) is 57.9 Å². The molecule has 0 saturated carbocycles. The van der Waals surface area contributed by atoms with Crippen molar-refractivity contribution in [1.29, 1.82) is 0 Å². The van der Waals surface area contributed by atoms with Crippen molar-refractivity contribution in [2.24, 2.45) is 0 Å². The van der Waals surface area contributed by atoms with E-state index in [2.05, 4.69) is 15.9 Å². The number of thioether (sulfide) groups is 1. The summed E-state index contributed by atoms with van der Waals surface area (Å²) in [6, 6.07) is 10.5. The fourth-order valence-corrected chi connectivity index (χ4v) is 4.60. The van der Waals surface area contributed by atoms with E-state index in [1.807, 2.05) is 18.2 Å². The molecule has 0 atom stereocenters. The summed E-state index contributed by atoms with van der Waals surface area (Å²) in [4.78, 5) is 14.7. The SMILES string of the molecule is COc1ccc(/C=C2\SC(=S)N(c3ccc(Cl)cc3Cl)C2=O)cc1Br. The molecule has 0 N–H and O–H groups in total. The van der Waals surface area contributed by atoms with E-state index in [0.717, 1.165) is 15.8 Å². The molecular formula is C17H10BrCl2NO2S2. The van der Waals surface area contributed by atoms with Crippen LogP contribution in [0.25, 0.3) is 6.08 Å². The molecule has 0 radical (unpaired) electrons. The van der Waals surface area contributed by atoms with Crippen molar-refractivity contribution < 1.29 is 9.53 Å². The van der Waals surface area contributed by atoms with Gasteiger partial charge in [-0.1, -0.05) is 53.2 Å². The van der Waals surface area contributed by atoms with E-state index in [4.69, 9.17) is 40.2 Å². The van der Waals surface area contributed by atoms with Crippen molar-refractivity contribution in [2.75, 3.05) is 12.0 Å². The van der Waals surface area contributed by atoms with Crippen LogP contribution in [0.15, 0.2) is 45.8 Å². The van der Waals surface area contributed by atoms with E-state index >= 15 is 0 Å². The van der Waals surface area contributed by atoms with Crippen molar-refractivity contribution in [3.63, 3.8) is 0 Å². The smallest absolute Gasteiger partial charge is 0.270 e. The molecular weight excluding hydrogens is 465 g/mol. The normalized spacial score (nSPS) is 16.0. The Labute approximate surface area is 173 Å². The summed E-state index contributed by atoms with van der Waals surface area (Å²) in [7, 11) is 1.60. The fraction of sp³-hybridized carbons (Fsp3) is 0.0588. The summed E-state index contributed by atoms with van der Waals surface area (Å²) in [5, 5.41) is 0.870. The van der Waals surface area contributed by atoms with Gasteiger partial charge in [-0.2, -0.15) is 0 Å². The van der Waals surface area contributed by atoms with Crippen molar-refractivity contribution in [2.45, 2.75) is 0 Å². The second-order valence-corrected chi connectivity index (χ2v) is 8.38. The maximum Gasteiger partial charge on any atom is 0.270 e. The van der Waals surface area contributed by atoms with Gasteiger partial charge in [0.05, 0.1) is 27.2 Å². The number of hydrogen-bond donors (Lipinski definition) is 0. The molecule has 128 valence electrons. The van der Waals surface area contributed by atoms with Crippen LogP contribution in [-0.4, -0.2) is 17.3 Å². The van der Waals surface area contributed by atoms with Crippen LogP contribution < -0.4 is 9.64 Å². The van der Waals surface area contributed by atoms with Gasteiger partial charge in [-0.25, -0.2) is 0 Å². The van der Waals surface area contributed by atoms with Crippen molar-refractivity contribution in [1.82, 2.24) is 0 Å². The molecule has 0 aromatic heterocycles. The van der Waals surface area contributed by atoms with Crippen LogP contribution >= 0.6 is 63.1 Å². The van der Waals surface area contributed by atoms with Gasteiger partial charge in [0.2, 0.25) is 0 Å². The Morgan fingerprint density at radius 2 is 2.00 bits per heavy atom. The summed E-state index contributed by atoms with van der Waals surface area (Å²) in [5.41, 5.74) is 1.38. The lowest BCUT2D eigenvalue weighted by molar-refractivity contribution is -0.113. The highest BCUT2D eigenvalue weighted by Gasteiger charge is 2.34. The molecule has 1 aliphatic heterocycles. The summed E-state index contributed by atoms with van der Waals surface area (Å²) in [6.07, 6.45) is 1.79. The van der Waals surface area contributed by atoms with Crippen molar-refractivity contribution in [3.05, 3.63) is 61.4 Å². The largest absolute Gasteiger partial charge is 0.496 e. The van der Waals surface area contributed by atoms with Gasteiger partial charge in [-0.15, -0.1) is 0 Å². The Balaban J connectivity index is 1.94. The van der Waals surface area contributed by atoms with E-state index in [-0.39, 0.29) is 5.91 Å². The molecule has 1 heterocycles. The second-order valence-electron chi connectivity index (χ2n) is 5.01. The molecule has 3 rings (SSSR count). The van der Waals surface area contributed by atoms with Gasteiger partial charge in [0.25, 0.3) is 5.91 Å². The molecule has 0 unspecified atom stereocenters. The average Bonchev–Trinajstić information content (AvgIpc) is 2.82. The molecule has 0 bridgehead atoms. The number of hydrogen-bond acceptors (Lipinski definition) is 4. The van der Waals surface area contributed by atoms with Crippen molar-refractivity contribution >= 4 is 85.1 Å². The average molecular weight is 475 g/mol. The molecule has 1 amide bonds. The molecule has 1 fully saturated rings. The van der Waals surface area contributed by atoms with E-state index in [1.54, 1.807) is 31.4 Å². The number of anilines is 1. The molecule has 8 heteroatoms. The number of methoxy groups -OCH3 is 1. The van der Waals surface area contributed by atoms with E-state index in [9.17, 15) is 4.79 Å². The number of rotatable bonds is 3. The number of carbonyl (C=O) groups is 1. The van der Waals surface area contributed by atoms with Gasteiger partial charge in [0.15, 0.2) is 4.32 Å². The lowest BCUT2D eigenvalue weighted by Gasteiger charge is -2.16. The van der Waals surface area contributed by atoms with Crippen LogP contribution in [0.5, 0.6) is 5.75 Å². The van der Waals surface area contributed by atoms with Crippen LogP contribution in [0.3, 0.4) is 0 Å². The lowest BCUT2D eigenvalue weighted by Crippen LogP contribution is -2.27. The molecule has 2 aromatic rings. The Kier molecular flexibility index (Phi) is 5.75. The summed E-state index contributed by atoms with van der Waals surface area (Å²) in [5.74, 6) is 0.504. The Hall–Kier alpha value is -1.05. The standard InChI is InChI=1S/C17H10BrCl2NO2S2/c1-23-14-5-2-9(6-11(14)18)7-15-16(22)21(17(24)25-15)13-4-3-10(19)8-12(13)20/h2-8H,1H3/b15-7-. The second kappa shape index (κ2) is 7.68. The monoisotopic (exact) mass is 473 g/mol. The Morgan fingerprint density at radius 1 is 1.24 bits per heavy atom. The quantitative estimate of drug-likeness (QED) is 0.393. The maximum absolute atomic E-state index is 12.8. The van der Waals surface area contributed by atoms with Crippen LogP contribution in [0.2, 0.25) is 10.0 Å². The topological polar surface area (TPSA) is 29.5 Å². The van der Waals surface area contributed by atoms with Crippen LogP contribution in [-0.2, 0) is 4.79 Å². The lowest BCUT2D eigenvalue weighted by atomic mass is 10.2. The third-order valence-electron chi connectivity index (χ3n) is 3.42. The van der Waals surface area contributed by atoms with E-state index < -0.39 is 0 Å².